The van der Waals surface area contributed by atoms with Gasteiger partial charge in [-0.25, -0.2) is 4.98 Å². The Bertz CT molecular complexity index is 1090. The van der Waals surface area contributed by atoms with Crippen LogP contribution in [0.2, 0.25) is 0 Å². The summed E-state index contributed by atoms with van der Waals surface area (Å²) in [5.41, 5.74) is 2.37. The summed E-state index contributed by atoms with van der Waals surface area (Å²) in [6.45, 7) is 0.357. The van der Waals surface area contributed by atoms with Crippen LogP contribution in [0.1, 0.15) is 17.5 Å². The van der Waals surface area contributed by atoms with Gasteiger partial charge in [-0.1, -0.05) is 42.5 Å². The van der Waals surface area contributed by atoms with E-state index >= 15 is 0 Å². The molecule has 6 heteroatoms. The minimum Gasteiger partial charge on any atom is -0.497 e. The van der Waals surface area contributed by atoms with Gasteiger partial charge in [0, 0.05) is 0 Å². The van der Waals surface area contributed by atoms with E-state index in [0.717, 1.165) is 22.3 Å². The van der Waals surface area contributed by atoms with E-state index < -0.39 is 12.2 Å². The summed E-state index contributed by atoms with van der Waals surface area (Å²) in [5.74, 6) is 1.88. The molecule has 0 aliphatic carbocycles. The topological polar surface area (TPSA) is 76.7 Å². The molecule has 0 fully saturated rings. The molecular weight excluding hydrogens is 380 g/mol. The van der Waals surface area contributed by atoms with Gasteiger partial charge >= 0.3 is 0 Å². The number of aliphatic hydroxyl groups is 2. The highest BCUT2D eigenvalue weighted by molar-refractivity contribution is 5.76. The second-order valence-electron chi connectivity index (χ2n) is 7.02. The van der Waals surface area contributed by atoms with Crippen LogP contribution in [0.15, 0.2) is 78.9 Å². The average Bonchev–Trinajstić information content (AvgIpc) is 3.16. The number of hydrogen-bond donors (Lipinski definition) is 2. The number of para-hydroxylation sites is 2. The zero-order chi connectivity index (χ0) is 20.9. The van der Waals surface area contributed by atoms with Crippen LogP contribution in [0.3, 0.4) is 0 Å². The van der Waals surface area contributed by atoms with Gasteiger partial charge in [-0.05, 0) is 42.0 Å². The van der Waals surface area contributed by atoms with Crippen molar-refractivity contribution in [1.82, 2.24) is 9.55 Å². The zero-order valence-electron chi connectivity index (χ0n) is 16.7. The summed E-state index contributed by atoms with van der Waals surface area (Å²) in [7, 11) is 1.61. The van der Waals surface area contributed by atoms with Gasteiger partial charge in [-0.15, -0.1) is 0 Å². The monoisotopic (exact) mass is 404 g/mol. The zero-order valence-corrected chi connectivity index (χ0v) is 16.7. The molecule has 4 aromatic rings. The Labute approximate surface area is 175 Å². The number of methoxy groups -OCH3 is 1. The van der Waals surface area contributed by atoms with Crippen LogP contribution < -0.4 is 9.47 Å². The predicted molar refractivity (Wildman–Crippen MR) is 115 cm³/mol. The molecule has 1 aromatic heterocycles. The van der Waals surface area contributed by atoms with Gasteiger partial charge in [-0.2, -0.15) is 0 Å². The van der Waals surface area contributed by atoms with Crippen LogP contribution in [0, 0.1) is 0 Å². The predicted octanol–water partition coefficient (Wildman–Crippen LogP) is 3.57. The summed E-state index contributed by atoms with van der Waals surface area (Å²) < 4.78 is 12.7. The quantitative estimate of drug-likeness (QED) is 0.470. The van der Waals surface area contributed by atoms with Gasteiger partial charge in [0.1, 0.15) is 36.1 Å². The summed E-state index contributed by atoms with van der Waals surface area (Å²) >= 11 is 0. The van der Waals surface area contributed by atoms with Crippen molar-refractivity contribution in [2.75, 3.05) is 13.7 Å². The fourth-order valence-electron chi connectivity index (χ4n) is 3.41. The van der Waals surface area contributed by atoms with E-state index in [1.54, 1.807) is 31.4 Å². The van der Waals surface area contributed by atoms with E-state index in [-0.39, 0.29) is 13.2 Å². The van der Waals surface area contributed by atoms with Gasteiger partial charge in [0.2, 0.25) is 0 Å². The van der Waals surface area contributed by atoms with E-state index in [0.29, 0.717) is 11.6 Å². The highest BCUT2D eigenvalue weighted by Gasteiger charge is 2.21. The Morgan fingerprint density at radius 3 is 2.27 bits per heavy atom. The molecule has 0 unspecified atom stereocenters. The van der Waals surface area contributed by atoms with Gasteiger partial charge < -0.3 is 24.3 Å². The van der Waals surface area contributed by atoms with Crippen LogP contribution in [0.25, 0.3) is 11.0 Å². The van der Waals surface area contributed by atoms with Crippen LogP contribution in [0.4, 0.5) is 0 Å². The molecule has 0 radical (unpaired) electrons. The first-order valence-electron chi connectivity index (χ1n) is 9.79. The first-order chi connectivity index (χ1) is 14.7. The molecule has 6 nitrogen and oxygen atoms in total. The third-order valence-electron chi connectivity index (χ3n) is 4.94. The number of benzene rings is 3. The molecule has 0 bridgehead atoms. The Balaban J connectivity index is 1.54. The van der Waals surface area contributed by atoms with Crippen molar-refractivity contribution in [2.24, 2.45) is 0 Å². The molecular formula is C24H24N2O4. The SMILES string of the molecule is COc1ccc(OC[C@H](O)Cn2c([C@@H](O)c3ccccc3)nc3ccccc32)cc1. The van der Waals surface area contributed by atoms with Crippen molar-refractivity contribution in [3.8, 4) is 11.5 Å². The molecule has 2 N–H and O–H groups in total. The lowest BCUT2D eigenvalue weighted by molar-refractivity contribution is 0.0902. The maximum Gasteiger partial charge on any atom is 0.143 e. The van der Waals surface area contributed by atoms with E-state index in [1.807, 2.05) is 59.2 Å². The van der Waals surface area contributed by atoms with Crippen LogP contribution in [0.5, 0.6) is 11.5 Å². The average molecular weight is 404 g/mol. The van der Waals surface area contributed by atoms with Crippen molar-refractivity contribution >= 4 is 11.0 Å². The maximum atomic E-state index is 10.9. The first-order valence-corrected chi connectivity index (χ1v) is 9.79. The summed E-state index contributed by atoms with van der Waals surface area (Å²) in [6.07, 6.45) is -1.68. The van der Waals surface area contributed by atoms with Crippen LogP contribution in [-0.2, 0) is 6.54 Å². The fourth-order valence-corrected chi connectivity index (χ4v) is 3.41. The van der Waals surface area contributed by atoms with Crippen molar-refractivity contribution in [3.63, 3.8) is 0 Å². The van der Waals surface area contributed by atoms with E-state index in [1.165, 1.54) is 0 Å². The summed E-state index contributed by atoms with van der Waals surface area (Å²) in [4.78, 5) is 4.63. The van der Waals surface area contributed by atoms with Crippen molar-refractivity contribution in [3.05, 3.63) is 90.3 Å². The van der Waals surface area contributed by atoms with Gasteiger partial charge in [0.25, 0.3) is 0 Å². The third kappa shape index (κ3) is 4.30. The number of nitrogens with zero attached hydrogens (tertiary/aromatic N) is 2. The molecule has 0 saturated heterocycles. The van der Waals surface area contributed by atoms with E-state index in [2.05, 4.69) is 4.98 Å². The van der Waals surface area contributed by atoms with E-state index in [4.69, 9.17) is 9.47 Å². The molecule has 1 heterocycles. The molecule has 4 rings (SSSR count). The largest absolute Gasteiger partial charge is 0.497 e. The minimum atomic E-state index is -0.895. The molecule has 30 heavy (non-hydrogen) atoms. The fraction of sp³-hybridized carbons (Fsp3) is 0.208. The smallest absolute Gasteiger partial charge is 0.143 e. The number of fused-ring (bicyclic) bond motifs is 1. The highest BCUT2D eigenvalue weighted by Crippen LogP contribution is 2.26. The Hall–Kier alpha value is -3.35. The molecule has 3 aromatic carbocycles. The van der Waals surface area contributed by atoms with Gasteiger partial charge in [0.05, 0.1) is 24.7 Å². The molecule has 2 atom stereocenters. The Kier molecular flexibility index (Phi) is 5.97. The standard InChI is InChI=1S/C24H24N2O4/c1-29-19-11-13-20(14-12-19)30-16-18(27)15-26-22-10-6-5-9-21(22)25-24(26)23(28)17-7-3-2-4-8-17/h2-14,18,23,27-28H,15-16H2,1H3/t18-,23+/m1/s1. The van der Waals surface area contributed by atoms with Crippen molar-refractivity contribution < 1.29 is 19.7 Å². The van der Waals surface area contributed by atoms with Crippen LogP contribution >= 0.6 is 0 Å². The minimum absolute atomic E-state index is 0.111. The molecule has 0 spiro atoms. The Morgan fingerprint density at radius 2 is 1.53 bits per heavy atom. The maximum absolute atomic E-state index is 10.9. The molecule has 0 saturated carbocycles. The number of hydrogen-bond acceptors (Lipinski definition) is 5. The number of aliphatic hydroxyl groups excluding tert-OH is 2. The highest BCUT2D eigenvalue weighted by atomic mass is 16.5. The summed E-state index contributed by atoms with van der Waals surface area (Å²) in [6, 6.07) is 24.2. The lowest BCUT2D eigenvalue weighted by Gasteiger charge is -2.18. The number of ether oxygens (including phenoxy) is 2. The number of rotatable bonds is 8. The second-order valence-corrected chi connectivity index (χ2v) is 7.02. The lowest BCUT2D eigenvalue weighted by atomic mass is 10.1. The van der Waals surface area contributed by atoms with Crippen LogP contribution in [-0.4, -0.2) is 39.6 Å². The summed E-state index contributed by atoms with van der Waals surface area (Å²) in [5, 5.41) is 21.6. The normalized spacial score (nSPS) is 13.2. The van der Waals surface area contributed by atoms with Gasteiger partial charge in [-0.3, -0.25) is 0 Å². The molecule has 0 aliphatic heterocycles. The first kappa shape index (κ1) is 19.9. The second kappa shape index (κ2) is 8.98. The van der Waals surface area contributed by atoms with Crippen molar-refractivity contribution in [1.29, 1.82) is 0 Å². The van der Waals surface area contributed by atoms with Crippen molar-refractivity contribution in [2.45, 2.75) is 18.8 Å². The van der Waals surface area contributed by atoms with Gasteiger partial charge in [0.15, 0.2) is 0 Å². The third-order valence-corrected chi connectivity index (χ3v) is 4.94. The Morgan fingerprint density at radius 1 is 0.867 bits per heavy atom. The molecule has 154 valence electrons. The van der Waals surface area contributed by atoms with E-state index in [9.17, 15) is 10.2 Å². The number of aromatic nitrogens is 2. The molecule has 0 amide bonds. The lowest BCUT2D eigenvalue weighted by Crippen LogP contribution is -2.25. The molecule has 0 aliphatic rings. The number of imidazole rings is 1.